The van der Waals surface area contributed by atoms with E-state index in [0.717, 1.165) is 17.7 Å². The van der Waals surface area contributed by atoms with Gasteiger partial charge in [0.15, 0.2) is 18.1 Å². The number of amides is 1. The van der Waals surface area contributed by atoms with Crippen molar-refractivity contribution in [2.24, 2.45) is 0 Å². The Morgan fingerprint density at radius 1 is 1.17 bits per heavy atom. The fraction of sp³-hybridized carbons (Fsp3) is 0.167. The molecule has 0 heterocycles. The zero-order chi connectivity index (χ0) is 17.5. The number of ether oxygens (including phenoxy) is 2. The molecule has 2 aromatic carbocycles. The molecule has 126 valence electrons. The van der Waals surface area contributed by atoms with Crippen molar-refractivity contribution in [2.45, 2.75) is 6.92 Å². The minimum absolute atomic E-state index is 0.356. The van der Waals surface area contributed by atoms with E-state index < -0.39 is 29.8 Å². The minimum Gasteiger partial charge on any atom is -0.493 e. The smallest absolute Gasteiger partial charge is 0.262 e. The van der Waals surface area contributed by atoms with E-state index in [1.807, 2.05) is 19.1 Å². The SMILES string of the molecule is CC=Cc1ccc(OCC(=O)Nc2c(F)cccc2F)c(OC)c1. The van der Waals surface area contributed by atoms with Crippen LogP contribution in [-0.4, -0.2) is 19.6 Å². The Kier molecular flexibility index (Phi) is 5.89. The molecule has 0 aliphatic rings. The lowest BCUT2D eigenvalue weighted by atomic mass is 10.2. The Balaban J connectivity index is 2.04. The van der Waals surface area contributed by atoms with Crippen LogP contribution in [0.15, 0.2) is 42.5 Å². The van der Waals surface area contributed by atoms with Crippen LogP contribution in [0.2, 0.25) is 0 Å². The summed E-state index contributed by atoms with van der Waals surface area (Å²) in [5.74, 6) is -1.57. The third-order valence-corrected chi connectivity index (χ3v) is 3.13. The van der Waals surface area contributed by atoms with Gasteiger partial charge in [0.2, 0.25) is 0 Å². The van der Waals surface area contributed by atoms with Gasteiger partial charge >= 0.3 is 0 Å². The van der Waals surface area contributed by atoms with Gasteiger partial charge in [0.05, 0.1) is 7.11 Å². The quantitative estimate of drug-likeness (QED) is 0.868. The summed E-state index contributed by atoms with van der Waals surface area (Å²) in [4.78, 5) is 11.8. The number of carbonyl (C=O) groups excluding carboxylic acids is 1. The first-order valence-electron chi connectivity index (χ1n) is 7.22. The molecule has 2 rings (SSSR count). The summed E-state index contributed by atoms with van der Waals surface area (Å²) in [6.07, 6.45) is 3.77. The highest BCUT2D eigenvalue weighted by Crippen LogP contribution is 2.28. The number of hydrogen-bond donors (Lipinski definition) is 1. The number of halogens is 2. The molecule has 0 unspecified atom stereocenters. The molecule has 1 amide bonds. The lowest BCUT2D eigenvalue weighted by molar-refractivity contribution is -0.118. The van der Waals surface area contributed by atoms with E-state index in [1.54, 1.807) is 18.2 Å². The summed E-state index contributed by atoms with van der Waals surface area (Å²) < 4.78 is 37.6. The first-order valence-corrected chi connectivity index (χ1v) is 7.22. The molecule has 0 aromatic heterocycles. The highest BCUT2D eigenvalue weighted by molar-refractivity contribution is 5.92. The van der Waals surface area contributed by atoms with Crippen LogP contribution in [0.25, 0.3) is 6.08 Å². The first kappa shape index (κ1) is 17.5. The van der Waals surface area contributed by atoms with E-state index in [4.69, 9.17) is 9.47 Å². The van der Waals surface area contributed by atoms with Gasteiger partial charge in [-0.15, -0.1) is 0 Å². The highest BCUT2D eigenvalue weighted by Gasteiger charge is 2.13. The molecule has 4 nitrogen and oxygen atoms in total. The van der Waals surface area contributed by atoms with Crippen LogP contribution < -0.4 is 14.8 Å². The van der Waals surface area contributed by atoms with Crippen molar-refractivity contribution in [3.63, 3.8) is 0 Å². The Morgan fingerprint density at radius 3 is 2.50 bits per heavy atom. The van der Waals surface area contributed by atoms with E-state index >= 15 is 0 Å². The van der Waals surface area contributed by atoms with Crippen LogP contribution in [0, 0.1) is 11.6 Å². The second-order valence-electron chi connectivity index (χ2n) is 4.84. The average molecular weight is 333 g/mol. The zero-order valence-corrected chi connectivity index (χ0v) is 13.3. The molecule has 0 aliphatic carbocycles. The van der Waals surface area contributed by atoms with Gasteiger partial charge in [0.25, 0.3) is 5.91 Å². The standard InChI is InChI=1S/C18H17F2NO3/c1-3-5-12-8-9-15(16(10-12)23-2)24-11-17(22)21-18-13(19)6-4-7-14(18)20/h3-10H,11H2,1-2H3,(H,21,22). The topological polar surface area (TPSA) is 47.6 Å². The predicted octanol–water partition coefficient (Wildman–Crippen LogP) is 4.02. The molecule has 0 atom stereocenters. The lowest BCUT2D eigenvalue weighted by Crippen LogP contribution is -2.21. The summed E-state index contributed by atoms with van der Waals surface area (Å²) in [7, 11) is 1.48. The third-order valence-electron chi connectivity index (χ3n) is 3.13. The summed E-state index contributed by atoms with van der Waals surface area (Å²) in [5.41, 5.74) is 0.418. The molecule has 6 heteroatoms. The van der Waals surface area contributed by atoms with Gasteiger partial charge in [-0.05, 0) is 36.8 Å². The van der Waals surface area contributed by atoms with Gasteiger partial charge in [-0.2, -0.15) is 0 Å². The molecule has 0 radical (unpaired) electrons. The number of methoxy groups -OCH3 is 1. The van der Waals surface area contributed by atoms with E-state index in [9.17, 15) is 13.6 Å². The molecule has 0 aliphatic heterocycles. The van der Waals surface area contributed by atoms with Gasteiger partial charge < -0.3 is 14.8 Å². The Bertz CT molecular complexity index is 740. The van der Waals surface area contributed by atoms with Crippen molar-refractivity contribution in [2.75, 3.05) is 19.0 Å². The lowest BCUT2D eigenvalue weighted by Gasteiger charge is -2.12. The summed E-state index contributed by atoms with van der Waals surface area (Å²) in [5, 5.41) is 2.15. The van der Waals surface area contributed by atoms with Crippen molar-refractivity contribution in [1.29, 1.82) is 0 Å². The molecular formula is C18H17F2NO3. The Labute approximate surface area is 138 Å². The van der Waals surface area contributed by atoms with Gasteiger partial charge in [-0.25, -0.2) is 8.78 Å². The molecule has 1 N–H and O–H groups in total. The second-order valence-corrected chi connectivity index (χ2v) is 4.84. The zero-order valence-electron chi connectivity index (χ0n) is 13.3. The fourth-order valence-electron chi connectivity index (χ4n) is 2.04. The maximum Gasteiger partial charge on any atom is 0.262 e. The maximum absolute atomic E-state index is 13.5. The predicted molar refractivity (Wildman–Crippen MR) is 88.2 cm³/mol. The van der Waals surface area contributed by atoms with E-state index in [1.165, 1.54) is 13.2 Å². The second kappa shape index (κ2) is 8.10. The molecule has 0 saturated heterocycles. The number of carbonyl (C=O) groups is 1. The van der Waals surface area contributed by atoms with Crippen LogP contribution in [0.3, 0.4) is 0 Å². The molecule has 0 spiro atoms. The highest BCUT2D eigenvalue weighted by atomic mass is 19.1. The summed E-state index contributed by atoms with van der Waals surface area (Å²) >= 11 is 0. The monoisotopic (exact) mass is 333 g/mol. The number of hydrogen-bond acceptors (Lipinski definition) is 3. The molecule has 0 saturated carbocycles. The number of anilines is 1. The van der Waals surface area contributed by atoms with Crippen molar-refractivity contribution in [3.05, 3.63) is 59.7 Å². The first-order chi connectivity index (χ1) is 11.5. The summed E-state index contributed by atoms with van der Waals surface area (Å²) in [6, 6.07) is 8.54. The van der Waals surface area contributed by atoms with Crippen molar-refractivity contribution in [3.8, 4) is 11.5 Å². The molecule has 24 heavy (non-hydrogen) atoms. The average Bonchev–Trinajstić information content (AvgIpc) is 2.57. The van der Waals surface area contributed by atoms with Crippen molar-refractivity contribution < 1.29 is 23.0 Å². The molecular weight excluding hydrogens is 316 g/mol. The Hall–Kier alpha value is -2.89. The Morgan fingerprint density at radius 2 is 1.88 bits per heavy atom. The summed E-state index contributed by atoms with van der Waals surface area (Å²) in [6.45, 7) is 1.48. The van der Waals surface area contributed by atoms with E-state index in [-0.39, 0.29) is 0 Å². The maximum atomic E-state index is 13.5. The van der Waals surface area contributed by atoms with Gasteiger partial charge in [0, 0.05) is 0 Å². The van der Waals surface area contributed by atoms with Gasteiger partial charge in [-0.1, -0.05) is 24.3 Å². The number of nitrogens with one attached hydrogen (secondary N) is 1. The van der Waals surface area contributed by atoms with E-state index in [0.29, 0.717) is 11.5 Å². The van der Waals surface area contributed by atoms with Crippen LogP contribution in [0.4, 0.5) is 14.5 Å². The third kappa shape index (κ3) is 4.32. The van der Waals surface area contributed by atoms with Crippen LogP contribution in [-0.2, 0) is 4.79 Å². The van der Waals surface area contributed by atoms with Crippen LogP contribution in [0.1, 0.15) is 12.5 Å². The normalized spacial score (nSPS) is 10.7. The molecule has 0 fully saturated rings. The number of allylic oxidation sites excluding steroid dienone is 1. The molecule has 2 aromatic rings. The van der Waals surface area contributed by atoms with Crippen LogP contribution >= 0.6 is 0 Å². The van der Waals surface area contributed by atoms with Crippen LogP contribution in [0.5, 0.6) is 11.5 Å². The van der Waals surface area contributed by atoms with Crippen molar-refractivity contribution >= 4 is 17.7 Å². The number of para-hydroxylation sites is 1. The fourth-order valence-corrected chi connectivity index (χ4v) is 2.04. The minimum atomic E-state index is -0.850. The van der Waals surface area contributed by atoms with Gasteiger partial charge in [0.1, 0.15) is 17.3 Å². The van der Waals surface area contributed by atoms with E-state index in [2.05, 4.69) is 5.32 Å². The van der Waals surface area contributed by atoms with Crippen molar-refractivity contribution in [1.82, 2.24) is 0 Å². The number of benzene rings is 2. The number of rotatable bonds is 6. The molecule has 0 bridgehead atoms. The van der Waals surface area contributed by atoms with Gasteiger partial charge in [-0.3, -0.25) is 4.79 Å². The largest absolute Gasteiger partial charge is 0.493 e.